The number of nitrogens with zero attached hydrogens (tertiary/aromatic N) is 1. The second-order valence-corrected chi connectivity index (χ2v) is 4.29. The number of benzene rings is 2. The fourth-order valence-corrected chi connectivity index (χ4v) is 2.17. The van der Waals surface area contributed by atoms with Crippen LogP contribution in [0.25, 0.3) is 16.7 Å². The van der Waals surface area contributed by atoms with Gasteiger partial charge in [0.2, 0.25) is 0 Å². The Labute approximate surface area is 106 Å². The molecule has 0 aliphatic rings. The van der Waals surface area contributed by atoms with Gasteiger partial charge in [0.15, 0.2) is 0 Å². The van der Waals surface area contributed by atoms with E-state index in [1.807, 2.05) is 0 Å². The number of fused-ring (bicyclic) bond motifs is 1. The van der Waals surface area contributed by atoms with E-state index in [4.69, 9.17) is 11.6 Å². The number of halogens is 2. The topological polar surface area (TPSA) is 37.8 Å². The van der Waals surface area contributed by atoms with Crippen molar-refractivity contribution in [3.8, 4) is 5.69 Å². The second-order valence-electron chi connectivity index (χ2n) is 3.88. The molecule has 0 aliphatic carbocycles. The fraction of sp³-hybridized carbons (Fsp3) is 0. The average Bonchev–Trinajstić information content (AvgIpc) is 2.66. The molecular formula is C13H8ClFN2O. The highest BCUT2D eigenvalue weighted by atomic mass is 35.5. The van der Waals surface area contributed by atoms with Crippen LogP contribution in [-0.4, -0.2) is 9.55 Å². The third-order valence-electron chi connectivity index (χ3n) is 2.74. The Morgan fingerprint density at radius 2 is 1.94 bits per heavy atom. The van der Waals surface area contributed by atoms with Crippen molar-refractivity contribution in [2.45, 2.75) is 0 Å². The maximum atomic E-state index is 13.3. The number of H-pyrrole nitrogens is 1. The van der Waals surface area contributed by atoms with Crippen LogP contribution >= 0.6 is 11.6 Å². The monoisotopic (exact) mass is 262 g/mol. The summed E-state index contributed by atoms with van der Waals surface area (Å²) in [5, 5.41) is 0.435. The van der Waals surface area contributed by atoms with E-state index in [9.17, 15) is 9.18 Å². The molecule has 18 heavy (non-hydrogen) atoms. The Morgan fingerprint density at radius 3 is 2.72 bits per heavy atom. The van der Waals surface area contributed by atoms with E-state index < -0.39 is 5.82 Å². The first-order chi connectivity index (χ1) is 8.66. The molecule has 1 N–H and O–H groups in total. The molecule has 2 aromatic carbocycles. The summed E-state index contributed by atoms with van der Waals surface area (Å²) in [6, 6.07) is 11.1. The molecule has 0 unspecified atom stereocenters. The Bertz CT molecular complexity index is 791. The molecule has 0 fully saturated rings. The minimum Gasteiger partial charge on any atom is -0.305 e. The summed E-state index contributed by atoms with van der Waals surface area (Å²) in [6.45, 7) is 0. The van der Waals surface area contributed by atoms with Crippen molar-refractivity contribution in [1.29, 1.82) is 0 Å². The first-order valence-corrected chi connectivity index (χ1v) is 5.70. The van der Waals surface area contributed by atoms with Crippen molar-refractivity contribution >= 4 is 22.6 Å². The van der Waals surface area contributed by atoms with Crippen molar-refractivity contribution in [2.24, 2.45) is 0 Å². The summed E-state index contributed by atoms with van der Waals surface area (Å²) in [4.78, 5) is 14.6. The first kappa shape index (κ1) is 11.0. The zero-order valence-electron chi connectivity index (χ0n) is 9.15. The van der Waals surface area contributed by atoms with Gasteiger partial charge >= 0.3 is 5.69 Å². The summed E-state index contributed by atoms with van der Waals surface area (Å²) in [5.41, 5.74) is 1.22. The van der Waals surface area contributed by atoms with Crippen LogP contribution < -0.4 is 5.69 Å². The first-order valence-electron chi connectivity index (χ1n) is 5.32. The molecule has 0 saturated carbocycles. The van der Waals surface area contributed by atoms with Crippen molar-refractivity contribution in [2.75, 3.05) is 0 Å². The Kier molecular flexibility index (Phi) is 2.45. The third-order valence-corrected chi connectivity index (χ3v) is 3.06. The molecule has 90 valence electrons. The molecule has 0 saturated heterocycles. The number of hydrogen-bond acceptors (Lipinski definition) is 1. The van der Waals surface area contributed by atoms with Crippen LogP contribution in [0.4, 0.5) is 4.39 Å². The number of hydrogen-bond donors (Lipinski definition) is 1. The van der Waals surface area contributed by atoms with E-state index in [1.54, 1.807) is 24.3 Å². The van der Waals surface area contributed by atoms with Gasteiger partial charge in [-0.05, 0) is 24.3 Å². The molecule has 0 radical (unpaired) electrons. The lowest BCUT2D eigenvalue weighted by Gasteiger charge is -2.05. The van der Waals surface area contributed by atoms with Crippen LogP contribution in [0.5, 0.6) is 0 Å². The largest absolute Gasteiger partial charge is 0.331 e. The van der Waals surface area contributed by atoms with Gasteiger partial charge in [0.05, 0.1) is 21.7 Å². The van der Waals surface area contributed by atoms with Gasteiger partial charge in [-0.2, -0.15) is 0 Å². The number of aromatic amines is 1. The quantitative estimate of drug-likeness (QED) is 0.719. The predicted molar refractivity (Wildman–Crippen MR) is 68.9 cm³/mol. The van der Waals surface area contributed by atoms with Crippen LogP contribution in [0.3, 0.4) is 0 Å². The normalized spacial score (nSPS) is 11.0. The van der Waals surface area contributed by atoms with Crippen molar-refractivity contribution < 1.29 is 4.39 Å². The molecule has 0 spiro atoms. The third kappa shape index (κ3) is 1.62. The molecule has 3 aromatic rings. The Balaban J connectivity index is 2.42. The van der Waals surface area contributed by atoms with Crippen molar-refractivity contribution in [1.82, 2.24) is 9.55 Å². The summed E-state index contributed by atoms with van der Waals surface area (Å²) in [7, 11) is 0. The van der Waals surface area contributed by atoms with Crippen LogP contribution in [0, 0.1) is 5.82 Å². The zero-order valence-corrected chi connectivity index (χ0v) is 9.91. The van der Waals surface area contributed by atoms with Gasteiger partial charge < -0.3 is 4.98 Å². The molecule has 3 nitrogen and oxygen atoms in total. The Hall–Kier alpha value is -2.07. The summed E-state index contributed by atoms with van der Waals surface area (Å²) in [6.07, 6.45) is 0. The lowest BCUT2D eigenvalue weighted by atomic mass is 10.2. The number of para-hydroxylation sites is 1. The van der Waals surface area contributed by atoms with Crippen LogP contribution in [0.1, 0.15) is 0 Å². The summed E-state index contributed by atoms with van der Waals surface area (Å²) >= 11 is 6.06. The van der Waals surface area contributed by atoms with Crippen molar-refractivity contribution in [3.05, 3.63) is 63.8 Å². The van der Waals surface area contributed by atoms with Gasteiger partial charge in [0.25, 0.3) is 0 Å². The number of aromatic nitrogens is 2. The lowest BCUT2D eigenvalue weighted by Crippen LogP contribution is -2.14. The number of rotatable bonds is 1. The number of nitrogens with one attached hydrogen (secondary N) is 1. The molecule has 0 amide bonds. The highest BCUT2D eigenvalue weighted by Crippen LogP contribution is 2.22. The Morgan fingerprint density at radius 1 is 1.17 bits per heavy atom. The molecule has 1 aromatic heterocycles. The van der Waals surface area contributed by atoms with E-state index in [0.29, 0.717) is 21.7 Å². The number of imidazole rings is 1. The van der Waals surface area contributed by atoms with Gasteiger partial charge in [0.1, 0.15) is 5.82 Å². The maximum absolute atomic E-state index is 13.3. The van der Waals surface area contributed by atoms with Gasteiger partial charge in [-0.25, -0.2) is 9.18 Å². The average molecular weight is 263 g/mol. The molecular weight excluding hydrogens is 255 g/mol. The zero-order chi connectivity index (χ0) is 12.7. The minimum atomic E-state index is -0.401. The SMILES string of the molecule is O=c1[nH]c2ccc(F)cc2n1-c1ccccc1Cl. The molecule has 3 rings (SSSR count). The smallest absolute Gasteiger partial charge is 0.305 e. The highest BCUT2D eigenvalue weighted by Gasteiger charge is 2.11. The van der Waals surface area contributed by atoms with Crippen LogP contribution in [-0.2, 0) is 0 Å². The summed E-state index contributed by atoms with van der Waals surface area (Å²) < 4.78 is 14.6. The van der Waals surface area contributed by atoms with E-state index in [2.05, 4.69) is 4.98 Å². The molecule has 0 atom stereocenters. The van der Waals surface area contributed by atoms with Gasteiger partial charge in [0, 0.05) is 6.07 Å². The fourth-order valence-electron chi connectivity index (χ4n) is 1.95. The van der Waals surface area contributed by atoms with Gasteiger partial charge in [-0.15, -0.1) is 0 Å². The molecule has 1 heterocycles. The van der Waals surface area contributed by atoms with Gasteiger partial charge in [-0.1, -0.05) is 23.7 Å². The maximum Gasteiger partial charge on any atom is 0.331 e. The summed E-state index contributed by atoms with van der Waals surface area (Å²) in [5.74, 6) is -0.401. The standard InChI is InChI=1S/C13H8ClFN2O/c14-9-3-1-2-4-11(9)17-12-7-8(15)5-6-10(12)16-13(17)18/h1-7H,(H,16,18). The van der Waals surface area contributed by atoms with Crippen molar-refractivity contribution in [3.63, 3.8) is 0 Å². The molecule has 5 heteroatoms. The van der Waals surface area contributed by atoms with E-state index >= 15 is 0 Å². The second kappa shape index (κ2) is 3.99. The van der Waals surface area contributed by atoms with E-state index in [1.165, 1.54) is 22.8 Å². The van der Waals surface area contributed by atoms with Crippen LogP contribution in [0.2, 0.25) is 5.02 Å². The lowest BCUT2D eigenvalue weighted by molar-refractivity contribution is 0.629. The van der Waals surface area contributed by atoms with Crippen LogP contribution in [0.15, 0.2) is 47.3 Å². The molecule has 0 bridgehead atoms. The molecule has 0 aliphatic heterocycles. The van der Waals surface area contributed by atoms with E-state index in [-0.39, 0.29) is 5.69 Å². The minimum absolute atomic E-state index is 0.344. The predicted octanol–water partition coefficient (Wildman–Crippen LogP) is 3.11. The van der Waals surface area contributed by atoms with Gasteiger partial charge in [-0.3, -0.25) is 4.57 Å². The van der Waals surface area contributed by atoms with E-state index in [0.717, 1.165) is 0 Å². The highest BCUT2D eigenvalue weighted by molar-refractivity contribution is 6.32.